The maximum Gasteiger partial charge on any atom is 0.318 e. The van der Waals surface area contributed by atoms with E-state index in [2.05, 4.69) is 48.5 Å². The van der Waals surface area contributed by atoms with Gasteiger partial charge >= 0.3 is 11.9 Å². The molecule has 1 aliphatic rings. The summed E-state index contributed by atoms with van der Waals surface area (Å²) in [5.41, 5.74) is 0. The third-order valence-electron chi connectivity index (χ3n) is 5.80. The van der Waals surface area contributed by atoms with E-state index in [1.807, 2.05) is 65.9 Å². The molecule has 1 fully saturated rings. The highest BCUT2D eigenvalue weighted by Gasteiger charge is 2.32. The van der Waals surface area contributed by atoms with E-state index < -0.39 is 0 Å². The lowest BCUT2D eigenvalue weighted by atomic mass is 9.87. The van der Waals surface area contributed by atoms with E-state index in [0.29, 0.717) is 12.2 Å². The predicted octanol–water partition coefficient (Wildman–Crippen LogP) is 6.61. The van der Waals surface area contributed by atoms with E-state index in [1.165, 1.54) is 9.79 Å². The molecule has 0 aromatic heterocycles. The maximum atomic E-state index is 12.8. The first kappa shape index (κ1) is 24.8. The molecule has 1 aliphatic carbocycles. The summed E-state index contributed by atoms with van der Waals surface area (Å²) in [4.78, 5) is 28.4. The van der Waals surface area contributed by atoms with Crippen molar-refractivity contribution in [1.82, 2.24) is 0 Å². The second kappa shape index (κ2) is 11.9. The summed E-state index contributed by atoms with van der Waals surface area (Å²) in [6.45, 7) is 1.81. The second-order valence-corrected chi connectivity index (χ2v) is 12.3. The summed E-state index contributed by atoms with van der Waals surface area (Å²) in [6.07, 6.45) is 2.73. The highest BCUT2D eigenvalue weighted by molar-refractivity contribution is 14.1. The minimum atomic E-state index is -0.251. The molecular weight excluding hydrogens is 559 g/mol. The third kappa shape index (κ3) is 6.42. The molecule has 4 rings (SSSR count). The summed E-state index contributed by atoms with van der Waals surface area (Å²) < 4.78 is 11.1. The SMILES string of the molecule is CC(I)C(=O)OC1CCCC(C(=O)Oc2ccc([S+](c3ccccc3)c3ccccc3)cc2)C1. The quantitative estimate of drug-likeness (QED) is 0.103. The topological polar surface area (TPSA) is 52.6 Å². The molecule has 34 heavy (non-hydrogen) atoms. The molecule has 6 heteroatoms. The van der Waals surface area contributed by atoms with Gasteiger partial charge in [0.1, 0.15) is 15.8 Å². The standard InChI is InChI=1S/C28H28IO4S/c1-20(29)27(30)33-23-10-8-9-21(19-23)28(31)32-22-15-17-26(18-16-22)34(24-11-4-2-5-12-24)25-13-6-3-7-14-25/h2-7,11-18,20-21,23H,8-10,19H2,1H3/q+1. The number of benzene rings is 3. The molecule has 0 amide bonds. The summed E-state index contributed by atoms with van der Waals surface area (Å²) in [7, 11) is -0.244. The largest absolute Gasteiger partial charge is 0.462 e. The van der Waals surface area contributed by atoms with Crippen molar-refractivity contribution in [2.24, 2.45) is 5.92 Å². The van der Waals surface area contributed by atoms with Gasteiger partial charge in [-0.3, -0.25) is 9.59 Å². The minimum absolute atomic E-state index is 0.195. The number of hydrogen-bond donors (Lipinski definition) is 0. The fraction of sp³-hybridized carbons (Fsp3) is 0.286. The Morgan fingerprint density at radius 3 is 1.97 bits per heavy atom. The van der Waals surface area contributed by atoms with Crippen LogP contribution in [0.2, 0.25) is 0 Å². The first-order chi connectivity index (χ1) is 16.5. The van der Waals surface area contributed by atoms with Crippen LogP contribution in [-0.4, -0.2) is 22.0 Å². The Morgan fingerprint density at radius 2 is 1.41 bits per heavy atom. The zero-order valence-corrected chi connectivity index (χ0v) is 22.0. The Bertz CT molecular complexity index is 1050. The van der Waals surface area contributed by atoms with Crippen molar-refractivity contribution >= 4 is 45.4 Å². The Kier molecular flexibility index (Phi) is 8.67. The summed E-state index contributed by atoms with van der Waals surface area (Å²) >= 11 is 2.05. The van der Waals surface area contributed by atoms with Crippen molar-refractivity contribution in [2.75, 3.05) is 0 Å². The maximum absolute atomic E-state index is 12.8. The number of hydrogen-bond acceptors (Lipinski definition) is 4. The minimum Gasteiger partial charge on any atom is -0.462 e. The molecule has 0 bridgehead atoms. The van der Waals surface area contributed by atoms with E-state index in [9.17, 15) is 9.59 Å². The van der Waals surface area contributed by atoms with Gasteiger partial charge in [0.15, 0.2) is 14.7 Å². The van der Waals surface area contributed by atoms with Crippen LogP contribution < -0.4 is 4.74 Å². The molecule has 3 atom stereocenters. The van der Waals surface area contributed by atoms with E-state index >= 15 is 0 Å². The summed E-state index contributed by atoms with van der Waals surface area (Å²) in [6, 6.07) is 28.7. The molecule has 0 heterocycles. The fourth-order valence-electron chi connectivity index (χ4n) is 4.09. The van der Waals surface area contributed by atoms with Gasteiger partial charge in [-0.2, -0.15) is 0 Å². The third-order valence-corrected chi connectivity index (χ3v) is 8.54. The van der Waals surface area contributed by atoms with E-state index in [1.54, 1.807) is 0 Å². The predicted molar refractivity (Wildman–Crippen MR) is 142 cm³/mol. The average Bonchev–Trinajstić information content (AvgIpc) is 2.86. The number of ether oxygens (including phenoxy) is 2. The number of rotatable bonds is 7. The molecule has 0 radical (unpaired) electrons. The smallest absolute Gasteiger partial charge is 0.318 e. The first-order valence-electron chi connectivity index (χ1n) is 11.5. The summed E-state index contributed by atoms with van der Waals surface area (Å²) in [5, 5.41) is 0. The highest BCUT2D eigenvalue weighted by Crippen LogP contribution is 2.33. The van der Waals surface area contributed by atoms with Crippen LogP contribution in [0, 0.1) is 5.92 Å². The monoisotopic (exact) mass is 587 g/mol. The van der Waals surface area contributed by atoms with Crippen LogP contribution in [0.3, 0.4) is 0 Å². The van der Waals surface area contributed by atoms with E-state index in [-0.39, 0.29) is 38.8 Å². The molecule has 0 aliphatic heterocycles. The fourth-order valence-corrected chi connectivity index (χ4v) is 6.32. The first-order valence-corrected chi connectivity index (χ1v) is 14.0. The van der Waals surface area contributed by atoms with Crippen LogP contribution in [0.5, 0.6) is 5.75 Å². The van der Waals surface area contributed by atoms with Gasteiger partial charge in [-0.25, -0.2) is 0 Å². The molecule has 0 saturated heterocycles. The van der Waals surface area contributed by atoms with Crippen LogP contribution >= 0.6 is 22.6 Å². The van der Waals surface area contributed by atoms with Crippen molar-refractivity contribution in [3.05, 3.63) is 84.9 Å². The molecular formula is C28H28IO4S+. The van der Waals surface area contributed by atoms with Gasteiger partial charge in [0.05, 0.1) is 16.8 Å². The lowest BCUT2D eigenvalue weighted by Gasteiger charge is -2.28. The van der Waals surface area contributed by atoms with Gasteiger partial charge in [-0.15, -0.1) is 0 Å². The van der Waals surface area contributed by atoms with Crippen LogP contribution in [0.4, 0.5) is 0 Å². The van der Waals surface area contributed by atoms with Crippen LogP contribution in [0.15, 0.2) is 99.6 Å². The Hall–Kier alpha value is -2.32. The second-order valence-electron chi connectivity index (χ2n) is 8.36. The normalized spacial score (nSPS) is 18.8. The van der Waals surface area contributed by atoms with Gasteiger partial charge in [0.25, 0.3) is 0 Å². The highest BCUT2D eigenvalue weighted by atomic mass is 127. The van der Waals surface area contributed by atoms with Crippen molar-refractivity contribution in [3.8, 4) is 5.75 Å². The van der Waals surface area contributed by atoms with E-state index in [4.69, 9.17) is 9.47 Å². The lowest BCUT2D eigenvalue weighted by molar-refractivity contribution is -0.153. The van der Waals surface area contributed by atoms with Crippen molar-refractivity contribution in [1.29, 1.82) is 0 Å². The van der Waals surface area contributed by atoms with Crippen molar-refractivity contribution in [2.45, 2.75) is 57.3 Å². The molecule has 3 aromatic rings. The van der Waals surface area contributed by atoms with Gasteiger partial charge in [-0.1, -0.05) is 59.0 Å². The van der Waals surface area contributed by atoms with Crippen LogP contribution in [0.25, 0.3) is 0 Å². The number of halogens is 1. The molecule has 4 nitrogen and oxygen atoms in total. The number of esters is 2. The van der Waals surface area contributed by atoms with Crippen LogP contribution in [0.1, 0.15) is 32.6 Å². The van der Waals surface area contributed by atoms with E-state index in [0.717, 1.165) is 24.2 Å². The number of alkyl halides is 1. The lowest BCUT2D eigenvalue weighted by Crippen LogP contribution is -2.32. The molecule has 1 saturated carbocycles. The van der Waals surface area contributed by atoms with Crippen molar-refractivity contribution in [3.63, 3.8) is 0 Å². The Morgan fingerprint density at radius 1 is 0.853 bits per heavy atom. The number of carbonyl (C=O) groups excluding carboxylic acids is 2. The molecule has 3 unspecified atom stereocenters. The van der Waals surface area contributed by atoms with Crippen LogP contribution in [-0.2, 0) is 25.2 Å². The van der Waals surface area contributed by atoms with Crippen molar-refractivity contribution < 1.29 is 19.1 Å². The zero-order chi connectivity index (χ0) is 23.9. The molecule has 0 N–H and O–H groups in total. The van der Waals surface area contributed by atoms with Gasteiger partial charge in [0.2, 0.25) is 0 Å². The molecule has 3 aromatic carbocycles. The molecule has 176 valence electrons. The Balaban J connectivity index is 1.44. The summed E-state index contributed by atoms with van der Waals surface area (Å²) in [5.74, 6) is -0.180. The number of carbonyl (C=O) groups is 2. The zero-order valence-electron chi connectivity index (χ0n) is 19.1. The average molecular weight is 587 g/mol. The molecule has 0 spiro atoms. The van der Waals surface area contributed by atoms with Gasteiger partial charge in [-0.05, 0) is 81.1 Å². The Labute approximate surface area is 217 Å². The van der Waals surface area contributed by atoms with Gasteiger partial charge in [0, 0.05) is 0 Å². The van der Waals surface area contributed by atoms with Gasteiger partial charge < -0.3 is 9.47 Å².